The van der Waals surface area contributed by atoms with Gasteiger partial charge >= 0.3 is 0 Å². The minimum absolute atomic E-state index is 0.151. The van der Waals surface area contributed by atoms with Gasteiger partial charge in [-0.2, -0.15) is 0 Å². The average Bonchev–Trinajstić information content (AvgIpc) is 2.20. The maximum Gasteiger partial charge on any atom is 0.228 e. The van der Waals surface area contributed by atoms with Crippen molar-refractivity contribution >= 4 is 11.6 Å². The molecule has 16 heavy (non-hydrogen) atoms. The Labute approximate surface area is 94.5 Å². The van der Waals surface area contributed by atoms with Crippen LogP contribution in [-0.4, -0.2) is 11.6 Å². The molecule has 0 aliphatic carbocycles. The lowest BCUT2D eigenvalue weighted by Gasteiger charge is -2.04. The van der Waals surface area contributed by atoms with E-state index in [0.717, 1.165) is 0 Å². The predicted octanol–water partition coefficient (Wildman–Crippen LogP) is 2.93. The number of rotatable bonds is 4. The monoisotopic (exact) mass is 222 g/mol. The van der Waals surface area contributed by atoms with Gasteiger partial charge in [-0.3, -0.25) is 9.59 Å². The molecule has 0 bridgehead atoms. The first-order chi connectivity index (χ1) is 7.41. The molecule has 0 N–H and O–H groups in total. The highest BCUT2D eigenvalue weighted by atomic mass is 19.1. The van der Waals surface area contributed by atoms with Gasteiger partial charge in [-0.1, -0.05) is 13.8 Å². The maximum absolute atomic E-state index is 13.0. The lowest BCUT2D eigenvalue weighted by Crippen LogP contribution is -2.16. The fourth-order valence-electron chi connectivity index (χ4n) is 1.41. The Kier molecular flexibility index (Phi) is 3.93. The summed E-state index contributed by atoms with van der Waals surface area (Å²) in [5.41, 5.74) is 0.646. The second-order valence-electron chi connectivity index (χ2n) is 4.31. The Balaban J connectivity index is 2.88. The summed E-state index contributed by atoms with van der Waals surface area (Å²) in [6, 6.07) is 3.98. The van der Waals surface area contributed by atoms with Crippen molar-refractivity contribution in [3.05, 3.63) is 35.1 Å². The SMILES string of the molecule is Cc1cc(C(=O)C(=O)CC(C)C)ccc1F. The summed E-state index contributed by atoms with van der Waals surface area (Å²) >= 11 is 0. The van der Waals surface area contributed by atoms with Crippen LogP contribution in [0.4, 0.5) is 4.39 Å². The number of benzene rings is 1. The summed E-state index contributed by atoms with van der Waals surface area (Å²) in [6.45, 7) is 5.32. The Bertz CT molecular complexity index is 422. The average molecular weight is 222 g/mol. The van der Waals surface area contributed by atoms with E-state index in [0.29, 0.717) is 5.56 Å². The normalized spacial score (nSPS) is 10.6. The molecule has 0 spiro atoms. The van der Waals surface area contributed by atoms with Gasteiger partial charge in [0, 0.05) is 12.0 Å². The van der Waals surface area contributed by atoms with Crippen LogP contribution in [0.3, 0.4) is 0 Å². The highest BCUT2D eigenvalue weighted by Crippen LogP contribution is 2.12. The van der Waals surface area contributed by atoms with Crippen LogP contribution in [0.25, 0.3) is 0 Å². The standard InChI is InChI=1S/C13H15FO2/c1-8(2)6-12(15)13(16)10-4-5-11(14)9(3)7-10/h4-5,7-8H,6H2,1-3H3. The highest BCUT2D eigenvalue weighted by Gasteiger charge is 2.17. The molecule has 1 aromatic carbocycles. The Morgan fingerprint density at radius 1 is 1.31 bits per heavy atom. The van der Waals surface area contributed by atoms with Gasteiger partial charge < -0.3 is 0 Å². The van der Waals surface area contributed by atoms with Gasteiger partial charge in [0.15, 0.2) is 0 Å². The van der Waals surface area contributed by atoms with Crippen molar-refractivity contribution in [2.75, 3.05) is 0 Å². The van der Waals surface area contributed by atoms with E-state index in [1.54, 1.807) is 6.92 Å². The molecule has 0 aliphatic heterocycles. The number of ketones is 2. The van der Waals surface area contributed by atoms with Crippen LogP contribution in [0.1, 0.15) is 36.2 Å². The van der Waals surface area contributed by atoms with E-state index in [1.807, 2.05) is 13.8 Å². The van der Waals surface area contributed by atoms with Crippen LogP contribution in [0.5, 0.6) is 0 Å². The van der Waals surface area contributed by atoms with E-state index in [1.165, 1.54) is 18.2 Å². The van der Waals surface area contributed by atoms with Crippen molar-refractivity contribution in [3.8, 4) is 0 Å². The third-order valence-corrected chi connectivity index (χ3v) is 2.27. The number of halogens is 1. The van der Waals surface area contributed by atoms with Crippen LogP contribution >= 0.6 is 0 Å². The third-order valence-electron chi connectivity index (χ3n) is 2.27. The molecule has 0 radical (unpaired) electrons. The minimum atomic E-state index is -0.531. The number of carbonyl (C=O) groups is 2. The van der Waals surface area contributed by atoms with Crippen LogP contribution in [0.15, 0.2) is 18.2 Å². The summed E-state index contributed by atoms with van der Waals surface area (Å²) in [4.78, 5) is 23.2. The molecule has 0 heterocycles. The molecule has 0 atom stereocenters. The summed E-state index contributed by atoms with van der Waals surface area (Å²) in [5.74, 6) is -1.16. The van der Waals surface area contributed by atoms with Crippen molar-refractivity contribution in [1.29, 1.82) is 0 Å². The van der Waals surface area contributed by atoms with Crippen LogP contribution < -0.4 is 0 Å². The first-order valence-corrected chi connectivity index (χ1v) is 5.25. The molecule has 86 valence electrons. The second-order valence-corrected chi connectivity index (χ2v) is 4.31. The van der Waals surface area contributed by atoms with Gasteiger partial charge in [-0.25, -0.2) is 4.39 Å². The molecule has 0 saturated carbocycles. The van der Waals surface area contributed by atoms with Gasteiger partial charge in [-0.15, -0.1) is 0 Å². The Morgan fingerprint density at radius 2 is 1.94 bits per heavy atom. The zero-order valence-electron chi connectivity index (χ0n) is 9.71. The Hall–Kier alpha value is -1.51. The number of aryl methyl sites for hydroxylation is 1. The van der Waals surface area contributed by atoms with E-state index in [-0.39, 0.29) is 23.7 Å². The van der Waals surface area contributed by atoms with Crippen molar-refractivity contribution < 1.29 is 14.0 Å². The van der Waals surface area contributed by atoms with Crippen LogP contribution in [-0.2, 0) is 4.79 Å². The molecular weight excluding hydrogens is 207 g/mol. The fraction of sp³-hybridized carbons (Fsp3) is 0.385. The van der Waals surface area contributed by atoms with Gasteiger partial charge in [0.25, 0.3) is 0 Å². The van der Waals surface area contributed by atoms with E-state index < -0.39 is 11.6 Å². The summed E-state index contributed by atoms with van der Waals surface area (Å²) in [7, 11) is 0. The van der Waals surface area contributed by atoms with Gasteiger partial charge in [0.05, 0.1) is 0 Å². The lowest BCUT2D eigenvalue weighted by molar-refractivity contribution is -0.115. The first kappa shape index (κ1) is 12.6. The zero-order valence-corrected chi connectivity index (χ0v) is 9.71. The number of hydrogen-bond donors (Lipinski definition) is 0. The third kappa shape index (κ3) is 2.99. The lowest BCUT2D eigenvalue weighted by atomic mass is 9.99. The summed E-state index contributed by atoms with van der Waals surface area (Å²) in [5, 5.41) is 0. The predicted molar refractivity (Wildman–Crippen MR) is 59.9 cm³/mol. The molecule has 1 rings (SSSR count). The van der Waals surface area contributed by atoms with Crippen LogP contribution in [0.2, 0.25) is 0 Å². The molecule has 0 aliphatic rings. The molecule has 2 nitrogen and oxygen atoms in total. The second kappa shape index (κ2) is 5.01. The van der Waals surface area contributed by atoms with Crippen molar-refractivity contribution in [2.24, 2.45) is 5.92 Å². The molecule has 0 aromatic heterocycles. The van der Waals surface area contributed by atoms with E-state index in [4.69, 9.17) is 0 Å². The van der Waals surface area contributed by atoms with Crippen molar-refractivity contribution in [1.82, 2.24) is 0 Å². The molecular formula is C13H15FO2. The molecule has 0 unspecified atom stereocenters. The smallest absolute Gasteiger partial charge is 0.228 e. The summed E-state index contributed by atoms with van der Waals surface area (Å²) < 4.78 is 13.0. The van der Waals surface area contributed by atoms with Crippen molar-refractivity contribution in [2.45, 2.75) is 27.2 Å². The van der Waals surface area contributed by atoms with E-state index in [9.17, 15) is 14.0 Å². The Morgan fingerprint density at radius 3 is 2.44 bits per heavy atom. The maximum atomic E-state index is 13.0. The number of carbonyl (C=O) groups excluding carboxylic acids is 2. The number of hydrogen-bond acceptors (Lipinski definition) is 2. The number of Topliss-reactive ketones (excluding diaryl/α,β-unsaturated/α-hetero) is 2. The highest BCUT2D eigenvalue weighted by molar-refractivity contribution is 6.43. The van der Waals surface area contributed by atoms with Gasteiger partial charge in [-0.05, 0) is 36.6 Å². The molecule has 3 heteroatoms. The fourth-order valence-corrected chi connectivity index (χ4v) is 1.41. The molecule has 0 saturated heterocycles. The van der Waals surface area contributed by atoms with Gasteiger partial charge in [0.2, 0.25) is 11.6 Å². The van der Waals surface area contributed by atoms with E-state index >= 15 is 0 Å². The largest absolute Gasteiger partial charge is 0.290 e. The quantitative estimate of drug-likeness (QED) is 0.579. The molecule has 1 aromatic rings. The van der Waals surface area contributed by atoms with Crippen molar-refractivity contribution in [3.63, 3.8) is 0 Å². The molecule has 0 fully saturated rings. The summed E-state index contributed by atoms with van der Waals surface area (Å²) in [6.07, 6.45) is 0.231. The van der Waals surface area contributed by atoms with Crippen LogP contribution in [0, 0.1) is 18.7 Å². The zero-order chi connectivity index (χ0) is 12.3. The van der Waals surface area contributed by atoms with E-state index in [2.05, 4.69) is 0 Å². The topological polar surface area (TPSA) is 34.1 Å². The molecule has 0 amide bonds. The first-order valence-electron chi connectivity index (χ1n) is 5.25. The minimum Gasteiger partial charge on any atom is -0.290 e. The van der Waals surface area contributed by atoms with Gasteiger partial charge in [0.1, 0.15) is 5.82 Å².